The topological polar surface area (TPSA) is 114 Å². The molecular formula is C17H13ClN4O4S2. The van der Waals surface area contributed by atoms with E-state index in [4.69, 9.17) is 11.6 Å². The first-order chi connectivity index (χ1) is 13.3. The third-order valence-corrected chi connectivity index (χ3v) is 5.93. The largest absolute Gasteiger partial charge is 0.295 e. The van der Waals surface area contributed by atoms with Crippen LogP contribution in [0.3, 0.4) is 0 Å². The maximum Gasteiger partial charge on any atom is 0.295 e. The van der Waals surface area contributed by atoms with Crippen molar-refractivity contribution in [3.8, 4) is 0 Å². The van der Waals surface area contributed by atoms with Gasteiger partial charge in [-0.3, -0.25) is 20.3 Å². The van der Waals surface area contributed by atoms with E-state index in [0.29, 0.717) is 5.02 Å². The molecule has 3 rings (SSSR count). The number of nitrogens with one attached hydrogen (secondary N) is 2. The van der Waals surface area contributed by atoms with Crippen LogP contribution in [-0.2, 0) is 10.0 Å². The number of halogens is 1. The lowest BCUT2D eigenvalue weighted by Crippen LogP contribution is -2.13. The van der Waals surface area contributed by atoms with Gasteiger partial charge in [0, 0.05) is 21.7 Å². The van der Waals surface area contributed by atoms with E-state index in [9.17, 15) is 18.5 Å². The molecule has 0 spiro atoms. The van der Waals surface area contributed by atoms with Gasteiger partial charge in [-0.05, 0) is 47.8 Å². The van der Waals surface area contributed by atoms with Gasteiger partial charge in [0.2, 0.25) is 0 Å². The predicted octanol–water partition coefficient (Wildman–Crippen LogP) is 4.56. The lowest BCUT2D eigenvalue weighted by atomic mass is 10.3. The van der Waals surface area contributed by atoms with Crippen LogP contribution in [0.5, 0.6) is 0 Å². The summed E-state index contributed by atoms with van der Waals surface area (Å²) in [6.45, 7) is 0. The molecule has 0 amide bonds. The van der Waals surface area contributed by atoms with Crippen molar-refractivity contribution in [2.45, 2.75) is 4.90 Å². The van der Waals surface area contributed by atoms with E-state index in [-0.39, 0.29) is 16.3 Å². The Morgan fingerprint density at radius 1 is 1.14 bits per heavy atom. The highest BCUT2D eigenvalue weighted by atomic mass is 35.5. The molecule has 2 N–H and O–H groups in total. The molecular weight excluding hydrogens is 424 g/mol. The summed E-state index contributed by atoms with van der Waals surface area (Å²) in [6.07, 6.45) is 1.52. The summed E-state index contributed by atoms with van der Waals surface area (Å²) in [5.41, 5.74) is 2.52. The normalized spacial score (nSPS) is 11.5. The van der Waals surface area contributed by atoms with Gasteiger partial charge in [-0.25, -0.2) is 8.42 Å². The Balaban J connectivity index is 1.85. The van der Waals surface area contributed by atoms with Gasteiger partial charge in [0.25, 0.3) is 15.7 Å². The molecule has 0 bridgehead atoms. The summed E-state index contributed by atoms with van der Waals surface area (Å²) in [5.74, 6) is 0. The average Bonchev–Trinajstić information content (AvgIpc) is 3.17. The number of nitro groups is 1. The van der Waals surface area contributed by atoms with Crippen LogP contribution in [0.4, 0.5) is 17.1 Å². The second-order valence-corrected chi connectivity index (χ2v) is 8.53. The maximum absolute atomic E-state index is 12.5. The van der Waals surface area contributed by atoms with Crippen molar-refractivity contribution in [3.63, 3.8) is 0 Å². The molecule has 0 aliphatic carbocycles. The molecule has 3 aromatic rings. The van der Waals surface area contributed by atoms with Gasteiger partial charge >= 0.3 is 0 Å². The quantitative estimate of drug-likeness (QED) is 0.320. The fourth-order valence-corrected chi connectivity index (χ4v) is 3.98. The molecule has 1 aromatic heterocycles. The first kappa shape index (κ1) is 19.8. The van der Waals surface area contributed by atoms with Crippen molar-refractivity contribution in [1.29, 1.82) is 0 Å². The van der Waals surface area contributed by atoms with E-state index in [1.165, 1.54) is 53.9 Å². The van der Waals surface area contributed by atoms with Gasteiger partial charge in [0.1, 0.15) is 5.69 Å². The van der Waals surface area contributed by atoms with Gasteiger partial charge in [-0.2, -0.15) is 5.10 Å². The van der Waals surface area contributed by atoms with Crippen molar-refractivity contribution in [2.75, 3.05) is 10.1 Å². The summed E-state index contributed by atoms with van der Waals surface area (Å²) < 4.78 is 27.4. The molecule has 0 fully saturated rings. The molecule has 0 aliphatic rings. The number of rotatable bonds is 7. The Kier molecular flexibility index (Phi) is 5.93. The second-order valence-electron chi connectivity index (χ2n) is 5.43. The van der Waals surface area contributed by atoms with Crippen LogP contribution in [-0.4, -0.2) is 19.6 Å². The minimum Gasteiger partial charge on any atom is -0.280 e. The molecule has 144 valence electrons. The monoisotopic (exact) mass is 436 g/mol. The zero-order chi connectivity index (χ0) is 20.1. The molecule has 1 heterocycles. The highest BCUT2D eigenvalue weighted by molar-refractivity contribution is 7.92. The van der Waals surface area contributed by atoms with Crippen molar-refractivity contribution >= 4 is 56.2 Å². The number of nitro benzene ring substituents is 1. The number of anilines is 2. The summed E-state index contributed by atoms with van der Waals surface area (Å²) in [7, 11) is -4.02. The molecule has 2 aromatic carbocycles. The average molecular weight is 437 g/mol. The number of hydrazone groups is 1. The molecule has 0 aliphatic heterocycles. The third kappa shape index (κ3) is 4.85. The smallest absolute Gasteiger partial charge is 0.280 e. The summed E-state index contributed by atoms with van der Waals surface area (Å²) >= 11 is 7.23. The molecule has 8 nitrogen and oxygen atoms in total. The van der Waals surface area contributed by atoms with Gasteiger partial charge in [0.05, 0.1) is 16.0 Å². The highest BCUT2D eigenvalue weighted by Gasteiger charge is 2.21. The molecule has 0 radical (unpaired) electrons. The Morgan fingerprint density at radius 3 is 2.54 bits per heavy atom. The van der Waals surface area contributed by atoms with E-state index in [1.54, 1.807) is 0 Å². The summed E-state index contributed by atoms with van der Waals surface area (Å²) in [5, 5.41) is 17.7. The number of hydrogen-bond donors (Lipinski definition) is 2. The lowest BCUT2D eigenvalue weighted by Gasteiger charge is -2.09. The second kappa shape index (κ2) is 8.38. The van der Waals surface area contributed by atoms with Crippen LogP contribution in [0.15, 0.2) is 70.0 Å². The van der Waals surface area contributed by atoms with Crippen molar-refractivity contribution in [2.24, 2.45) is 5.10 Å². The van der Waals surface area contributed by atoms with Crippen molar-refractivity contribution in [3.05, 3.63) is 80.0 Å². The van der Waals surface area contributed by atoms with Gasteiger partial charge in [-0.1, -0.05) is 17.7 Å². The third-order valence-electron chi connectivity index (χ3n) is 3.49. The zero-order valence-electron chi connectivity index (χ0n) is 14.1. The van der Waals surface area contributed by atoms with Crippen LogP contribution >= 0.6 is 22.9 Å². The highest BCUT2D eigenvalue weighted by Crippen LogP contribution is 2.28. The standard InChI is InChI=1S/C17H13ClN4O4S2/c18-12-3-5-13(6-4-12)21-28(25,26)15-7-8-16(17(10-15)22(23)24)20-19-11-14-2-1-9-27-14/h1-11,20-21H/b19-11+. The minimum atomic E-state index is -4.02. The first-order valence-electron chi connectivity index (χ1n) is 7.74. The van der Waals surface area contributed by atoms with Crippen molar-refractivity contribution < 1.29 is 13.3 Å². The molecule has 0 unspecified atom stereocenters. The predicted molar refractivity (Wildman–Crippen MR) is 111 cm³/mol. The maximum atomic E-state index is 12.5. The fourth-order valence-electron chi connectivity index (χ4n) is 2.19. The Hall–Kier alpha value is -2.95. The molecule has 11 heteroatoms. The van der Waals surface area contributed by atoms with E-state index in [0.717, 1.165) is 10.9 Å². The van der Waals surface area contributed by atoms with Crippen LogP contribution in [0.2, 0.25) is 5.02 Å². The number of sulfonamides is 1. The van der Waals surface area contributed by atoms with E-state index >= 15 is 0 Å². The Labute approximate surface area is 169 Å². The number of nitrogens with zero attached hydrogens (tertiary/aromatic N) is 2. The summed E-state index contributed by atoms with van der Waals surface area (Å²) in [4.78, 5) is 11.3. The Morgan fingerprint density at radius 2 is 1.89 bits per heavy atom. The van der Waals surface area contributed by atoms with Gasteiger partial charge < -0.3 is 0 Å². The van der Waals surface area contributed by atoms with Gasteiger partial charge in [0.15, 0.2) is 0 Å². The first-order valence-corrected chi connectivity index (χ1v) is 10.5. The van der Waals surface area contributed by atoms with Crippen LogP contribution in [0, 0.1) is 10.1 Å². The van der Waals surface area contributed by atoms with Gasteiger partial charge in [-0.15, -0.1) is 11.3 Å². The van der Waals surface area contributed by atoms with Crippen LogP contribution < -0.4 is 10.1 Å². The number of hydrogen-bond acceptors (Lipinski definition) is 7. The molecule has 0 saturated heterocycles. The van der Waals surface area contributed by atoms with Crippen molar-refractivity contribution in [1.82, 2.24) is 0 Å². The SMILES string of the molecule is O=[N+]([O-])c1cc(S(=O)(=O)Nc2ccc(Cl)cc2)ccc1N/N=C/c1cccs1. The number of thiophene rings is 1. The van der Waals surface area contributed by atoms with Crippen LogP contribution in [0.1, 0.15) is 4.88 Å². The fraction of sp³-hybridized carbons (Fsp3) is 0. The lowest BCUT2D eigenvalue weighted by molar-refractivity contribution is -0.384. The molecule has 0 saturated carbocycles. The van der Waals surface area contributed by atoms with E-state index < -0.39 is 20.6 Å². The summed E-state index contributed by atoms with van der Waals surface area (Å²) in [6, 6.07) is 13.2. The number of benzene rings is 2. The Bertz CT molecular complexity index is 1110. The molecule has 0 atom stereocenters. The molecule has 28 heavy (non-hydrogen) atoms. The van der Waals surface area contributed by atoms with Crippen LogP contribution in [0.25, 0.3) is 0 Å². The van der Waals surface area contributed by atoms with E-state index in [1.807, 2.05) is 17.5 Å². The minimum absolute atomic E-state index is 0.0725. The van der Waals surface area contributed by atoms with E-state index in [2.05, 4.69) is 15.2 Å². The zero-order valence-corrected chi connectivity index (χ0v) is 16.5.